The fourth-order valence-corrected chi connectivity index (χ4v) is 2.90. The lowest BCUT2D eigenvalue weighted by atomic mass is 10.0. The van der Waals surface area contributed by atoms with E-state index in [2.05, 4.69) is 10.5 Å². The van der Waals surface area contributed by atoms with E-state index in [1.54, 1.807) is 24.3 Å². The molecule has 0 saturated carbocycles. The summed E-state index contributed by atoms with van der Waals surface area (Å²) in [5, 5.41) is 7.37. The van der Waals surface area contributed by atoms with Crippen molar-refractivity contribution in [3.8, 4) is 5.75 Å². The van der Waals surface area contributed by atoms with E-state index in [0.29, 0.717) is 16.3 Å². The number of carbonyl (C=O) groups excluding carboxylic acids is 1. The number of hydrogen-bond donors (Lipinski definition) is 1. The van der Waals surface area contributed by atoms with Gasteiger partial charge in [0.1, 0.15) is 19.5 Å². The third kappa shape index (κ3) is 5.36. The molecule has 0 aliphatic carbocycles. The summed E-state index contributed by atoms with van der Waals surface area (Å²) in [5.41, 5.74) is 3.26. The Bertz CT molecular complexity index is 1020. The van der Waals surface area contributed by atoms with Crippen LogP contribution in [0.5, 0.6) is 5.75 Å². The number of benzene rings is 3. The summed E-state index contributed by atoms with van der Waals surface area (Å²) in [6.45, 7) is 2.27. The molecule has 0 atom stereocenters. The number of halogens is 1. The van der Waals surface area contributed by atoms with Gasteiger partial charge in [-0.15, -0.1) is 0 Å². The molecule has 0 saturated heterocycles. The molecule has 3 aromatic rings. The number of oxime groups is 1. The second kappa shape index (κ2) is 9.75. The highest BCUT2D eigenvalue weighted by atomic mass is 35.5. The van der Waals surface area contributed by atoms with E-state index in [-0.39, 0.29) is 12.3 Å². The monoisotopic (exact) mass is 408 g/mol. The molecule has 0 bridgehead atoms. The molecule has 0 unspecified atom stereocenters. The van der Waals surface area contributed by atoms with E-state index in [9.17, 15) is 4.79 Å². The molecule has 0 aromatic heterocycles. The average molecular weight is 409 g/mol. The van der Waals surface area contributed by atoms with E-state index in [4.69, 9.17) is 21.2 Å². The van der Waals surface area contributed by atoms with Crippen LogP contribution in [0.4, 0.5) is 5.69 Å². The molecule has 0 spiro atoms. The predicted molar refractivity (Wildman–Crippen MR) is 116 cm³/mol. The highest BCUT2D eigenvalue weighted by molar-refractivity contribution is 6.49. The van der Waals surface area contributed by atoms with Crippen molar-refractivity contribution < 1.29 is 14.4 Å². The van der Waals surface area contributed by atoms with Crippen molar-refractivity contribution >= 4 is 28.9 Å². The highest BCUT2D eigenvalue weighted by Crippen LogP contribution is 2.20. The molecule has 3 aromatic carbocycles. The number of carbonyl (C=O) groups is 1. The Balaban J connectivity index is 1.84. The third-order valence-electron chi connectivity index (χ3n) is 4.25. The molecule has 0 fully saturated rings. The topological polar surface area (TPSA) is 59.9 Å². The van der Waals surface area contributed by atoms with Crippen LogP contribution >= 0.6 is 11.6 Å². The Kier molecular flexibility index (Phi) is 6.87. The number of aryl methyl sites for hydroxylation is 1. The van der Waals surface area contributed by atoms with Crippen LogP contribution in [0.2, 0.25) is 5.02 Å². The first-order valence-electron chi connectivity index (χ1n) is 9.03. The minimum atomic E-state index is -0.391. The Hall–Kier alpha value is -3.31. The Morgan fingerprint density at radius 3 is 2.41 bits per heavy atom. The van der Waals surface area contributed by atoms with Crippen LogP contribution in [0.15, 0.2) is 78.0 Å². The highest BCUT2D eigenvalue weighted by Gasteiger charge is 2.19. The molecule has 0 heterocycles. The second-order valence-electron chi connectivity index (χ2n) is 6.29. The van der Waals surface area contributed by atoms with Gasteiger partial charge < -0.3 is 14.9 Å². The molecule has 29 heavy (non-hydrogen) atoms. The number of nitrogens with one attached hydrogen (secondary N) is 1. The van der Waals surface area contributed by atoms with E-state index < -0.39 is 5.91 Å². The summed E-state index contributed by atoms with van der Waals surface area (Å²) in [5.74, 6) is 0.399. The number of nitrogens with zero attached hydrogens (tertiary/aromatic N) is 1. The molecule has 6 heteroatoms. The maximum absolute atomic E-state index is 12.9. The summed E-state index contributed by atoms with van der Waals surface area (Å²) < 4.78 is 5.96. The normalized spacial score (nSPS) is 11.1. The number of ether oxygens (including phenoxy) is 1. The quantitative estimate of drug-likeness (QED) is 0.431. The first-order chi connectivity index (χ1) is 14.1. The molecule has 0 aliphatic heterocycles. The Labute approximate surface area is 174 Å². The molecule has 5 nitrogen and oxygen atoms in total. The second-order valence-corrected chi connectivity index (χ2v) is 6.73. The summed E-state index contributed by atoms with van der Waals surface area (Å²) in [7, 11) is 1.40. The largest absolute Gasteiger partial charge is 0.489 e. The number of para-hydroxylation sites is 1. The molecule has 0 radical (unpaired) electrons. The summed E-state index contributed by atoms with van der Waals surface area (Å²) >= 11 is 5.90. The van der Waals surface area contributed by atoms with Gasteiger partial charge in [-0.25, -0.2) is 0 Å². The van der Waals surface area contributed by atoms with Crippen molar-refractivity contribution in [2.24, 2.45) is 5.16 Å². The maximum Gasteiger partial charge on any atom is 0.278 e. The molecule has 0 aliphatic rings. The molecule has 1 N–H and O–H groups in total. The van der Waals surface area contributed by atoms with Gasteiger partial charge in [0.15, 0.2) is 5.71 Å². The standard InChI is InChI=1S/C23H21ClN2O3/c1-16-7-3-6-10-21(16)29-15-17-8-4-5-9-20(17)22(26-28-2)23(27)25-19-13-11-18(24)12-14-19/h3-14H,15H2,1-2H3,(H,25,27)/b26-22+. The van der Waals surface area contributed by atoms with Gasteiger partial charge in [0.25, 0.3) is 5.91 Å². The van der Waals surface area contributed by atoms with Crippen LogP contribution in [-0.4, -0.2) is 18.7 Å². The number of rotatable bonds is 7. The van der Waals surface area contributed by atoms with Crippen LogP contribution < -0.4 is 10.1 Å². The lowest BCUT2D eigenvalue weighted by molar-refractivity contribution is -0.110. The molecule has 1 amide bonds. The smallest absolute Gasteiger partial charge is 0.278 e. The van der Waals surface area contributed by atoms with Crippen molar-refractivity contribution in [2.75, 3.05) is 12.4 Å². The fourth-order valence-electron chi connectivity index (χ4n) is 2.78. The maximum atomic E-state index is 12.9. The van der Waals surface area contributed by atoms with Gasteiger partial charge in [-0.3, -0.25) is 4.79 Å². The first kappa shape index (κ1) is 20.4. The van der Waals surface area contributed by atoms with Crippen LogP contribution in [0.25, 0.3) is 0 Å². The zero-order valence-electron chi connectivity index (χ0n) is 16.2. The third-order valence-corrected chi connectivity index (χ3v) is 4.50. The Morgan fingerprint density at radius 1 is 1.00 bits per heavy atom. The molecular weight excluding hydrogens is 388 g/mol. The SMILES string of the molecule is CO/N=C(/C(=O)Nc1ccc(Cl)cc1)c1ccccc1COc1ccccc1C. The number of hydrogen-bond acceptors (Lipinski definition) is 4. The summed E-state index contributed by atoms with van der Waals surface area (Å²) in [6, 6.07) is 22.1. The minimum absolute atomic E-state index is 0.159. The lowest BCUT2D eigenvalue weighted by Gasteiger charge is -2.14. The lowest BCUT2D eigenvalue weighted by Crippen LogP contribution is -2.25. The molecule has 3 rings (SSSR count). The molecule has 148 valence electrons. The van der Waals surface area contributed by atoms with Gasteiger partial charge in [-0.2, -0.15) is 0 Å². The molecular formula is C23H21ClN2O3. The zero-order valence-corrected chi connectivity index (χ0v) is 16.9. The van der Waals surface area contributed by atoms with Crippen molar-refractivity contribution in [3.05, 3.63) is 94.5 Å². The van der Waals surface area contributed by atoms with E-state index in [1.807, 2.05) is 55.5 Å². The van der Waals surface area contributed by atoms with Crippen LogP contribution in [0.1, 0.15) is 16.7 Å². The van der Waals surface area contributed by atoms with Gasteiger partial charge >= 0.3 is 0 Å². The van der Waals surface area contributed by atoms with Gasteiger partial charge in [-0.05, 0) is 48.4 Å². The fraction of sp³-hybridized carbons (Fsp3) is 0.130. The van der Waals surface area contributed by atoms with E-state index >= 15 is 0 Å². The summed E-state index contributed by atoms with van der Waals surface area (Å²) in [4.78, 5) is 17.8. The van der Waals surface area contributed by atoms with Gasteiger partial charge in [0.2, 0.25) is 0 Å². The zero-order chi connectivity index (χ0) is 20.6. The average Bonchev–Trinajstić information content (AvgIpc) is 2.73. The number of amides is 1. The van der Waals surface area contributed by atoms with Crippen LogP contribution in [-0.2, 0) is 16.2 Å². The van der Waals surface area contributed by atoms with Gasteiger partial charge in [0.05, 0.1) is 0 Å². The first-order valence-corrected chi connectivity index (χ1v) is 9.41. The minimum Gasteiger partial charge on any atom is -0.489 e. The van der Waals surface area contributed by atoms with Crippen LogP contribution in [0.3, 0.4) is 0 Å². The van der Waals surface area contributed by atoms with Crippen molar-refractivity contribution in [1.29, 1.82) is 0 Å². The van der Waals surface area contributed by atoms with Gasteiger partial charge in [0, 0.05) is 16.3 Å². The summed E-state index contributed by atoms with van der Waals surface area (Å²) in [6.07, 6.45) is 0. The van der Waals surface area contributed by atoms with Crippen LogP contribution in [0, 0.1) is 6.92 Å². The predicted octanol–water partition coefficient (Wildman–Crippen LogP) is 5.22. The van der Waals surface area contributed by atoms with Crippen molar-refractivity contribution in [2.45, 2.75) is 13.5 Å². The Morgan fingerprint density at radius 2 is 1.69 bits per heavy atom. The van der Waals surface area contributed by atoms with E-state index in [1.165, 1.54) is 7.11 Å². The van der Waals surface area contributed by atoms with Crippen molar-refractivity contribution in [1.82, 2.24) is 0 Å². The van der Waals surface area contributed by atoms with Crippen molar-refractivity contribution in [3.63, 3.8) is 0 Å². The number of anilines is 1. The van der Waals surface area contributed by atoms with E-state index in [0.717, 1.165) is 16.9 Å². The van der Waals surface area contributed by atoms with Gasteiger partial charge in [-0.1, -0.05) is 59.2 Å².